The summed E-state index contributed by atoms with van der Waals surface area (Å²) in [5.74, 6) is 0.349. The second-order valence-electron chi connectivity index (χ2n) is 5.71. The number of rotatable bonds is 7. The summed E-state index contributed by atoms with van der Waals surface area (Å²) < 4.78 is 13.0. The summed E-state index contributed by atoms with van der Waals surface area (Å²) in [6.45, 7) is 6.09. The highest BCUT2D eigenvalue weighted by Crippen LogP contribution is 2.17. The van der Waals surface area contributed by atoms with Gasteiger partial charge in [-0.3, -0.25) is 0 Å². The van der Waals surface area contributed by atoms with Gasteiger partial charge < -0.3 is 10.2 Å². The zero-order valence-corrected chi connectivity index (χ0v) is 13.0. The Bertz CT molecular complexity index is 384. The molecule has 1 unspecified atom stereocenters. The van der Waals surface area contributed by atoms with Gasteiger partial charge in [0.1, 0.15) is 5.82 Å². The maximum atomic E-state index is 13.0. The maximum Gasteiger partial charge on any atom is 0.124 e. The molecule has 0 aliphatic rings. The summed E-state index contributed by atoms with van der Waals surface area (Å²) in [6.07, 6.45) is 1.11. The quantitative estimate of drug-likeness (QED) is 0.825. The predicted molar refractivity (Wildman–Crippen MR) is 80.0 cm³/mol. The maximum absolute atomic E-state index is 13.0. The van der Waals surface area contributed by atoms with Crippen molar-refractivity contribution in [3.8, 4) is 0 Å². The highest BCUT2D eigenvalue weighted by Gasteiger charge is 2.12. The van der Waals surface area contributed by atoms with Crippen molar-refractivity contribution in [3.63, 3.8) is 0 Å². The summed E-state index contributed by atoms with van der Waals surface area (Å²) in [5, 5.41) is 4.00. The van der Waals surface area contributed by atoms with Crippen LogP contribution >= 0.6 is 11.6 Å². The number of likely N-dealkylation sites (N-methyl/N-ethyl adjacent to an activating group) is 1. The van der Waals surface area contributed by atoms with Crippen LogP contribution in [0.25, 0.3) is 0 Å². The fourth-order valence-electron chi connectivity index (χ4n) is 2.15. The average Bonchev–Trinajstić information content (AvgIpc) is 2.25. The summed E-state index contributed by atoms with van der Waals surface area (Å²) >= 11 is 6.03. The Kier molecular flexibility index (Phi) is 6.76. The zero-order valence-electron chi connectivity index (χ0n) is 12.2. The molecular weight excluding hydrogens is 263 g/mol. The van der Waals surface area contributed by atoms with Gasteiger partial charge in [-0.25, -0.2) is 4.39 Å². The van der Waals surface area contributed by atoms with Crippen molar-refractivity contribution in [2.45, 2.75) is 32.9 Å². The Balaban J connectivity index is 2.59. The van der Waals surface area contributed by atoms with Gasteiger partial charge in [-0.05, 0) is 44.1 Å². The van der Waals surface area contributed by atoms with Crippen molar-refractivity contribution >= 4 is 11.6 Å². The number of nitrogens with one attached hydrogen (secondary N) is 1. The second kappa shape index (κ2) is 7.83. The van der Waals surface area contributed by atoms with Crippen LogP contribution in [-0.4, -0.2) is 31.6 Å². The zero-order chi connectivity index (χ0) is 14.4. The first-order valence-electron chi connectivity index (χ1n) is 6.70. The van der Waals surface area contributed by atoms with Gasteiger partial charge >= 0.3 is 0 Å². The van der Waals surface area contributed by atoms with E-state index < -0.39 is 0 Å². The molecule has 1 aromatic carbocycles. The molecule has 0 aliphatic heterocycles. The third kappa shape index (κ3) is 6.37. The lowest BCUT2D eigenvalue weighted by Gasteiger charge is -2.24. The predicted octanol–water partition coefficient (Wildman–Crippen LogP) is 3.55. The monoisotopic (exact) mass is 286 g/mol. The Morgan fingerprint density at radius 3 is 2.53 bits per heavy atom. The molecule has 2 nitrogen and oxygen atoms in total. The largest absolute Gasteiger partial charge is 0.309 e. The molecule has 0 fully saturated rings. The van der Waals surface area contributed by atoms with Gasteiger partial charge in [-0.2, -0.15) is 0 Å². The molecule has 1 aromatic rings. The number of halogens is 2. The molecule has 1 atom stereocenters. The fraction of sp³-hybridized carbons (Fsp3) is 0.600. The van der Waals surface area contributed by atoms with Crippen molar-refractivity contribution in [2.24, 2.45) is 5.92 Å². The molecule has 0 heterocycles. The van der Waals surface area contributed by atoms with Gasteiger partial charge in [-0.1, -0.05) is 31.5 Å². The molecule has 0 saturated carbocycles. The molecule has 0 spiro atoms. The van der Waals surface area contributed by atoms with Gasteiger partial charge in [-0.15, -0.1) is 0 Å². The lowest BCUT2D eigenvalue weighted by Crippen LogP contribution is -2.38. The first-order chi connectivity index (χ1) is 8.88. The van der Waals surface area contributed by atoms with Crippen LogP contribution in [0.1, 0.15) is 25.8 Å². The number of benzene rings is 1. The van der Waals surface area contributed by atoms with E-state index in [0.717, 1.165) is 18.5 Å². The number of hydrogen-bond donors (Lipinski definition) is 1. The van der Waals surface area contributed by atoms with E-state index in [-0.39, 0.29) is 5.82 Å². The molecule has 0 amide bonds. The van der Waals surface area contributed by atoms with Crippen molar-refractivity contribution in [3.05, 3.63) is 34.6 Å². The van der Waals surface area contributed by atoms with Crippen LogP contribution in [0.2, 0.25) is 5.02 Å². The molecule has 1 rings (SSSR count). The molecular formula is C15H24ClFN2. The summed E-state index contributed by atoms with van der Waals surface area (Å²) in [5.41, 5.74) is 0.940. The Hall–Kier alpha value is -0.640. The van der Waals surface area contributed by atoms with Crippen LogP contribution in [0.4, 0.5) is 4.39 Å². The summed E-state index contributed by atoms with van der Waals surface area (Å²) in [4.78, 5) is 2.17. The first kappa shape index (κ1) is 16.4. The molecule has 0 aliphatic carbocycles. The Morgan fingerprint density at radius 2 is 2.00 bits per heavy atom. The second-order valence-corrected chi connectivity index (χ2v) is 6.11. The van der Waals surface area contributed by atoms with Gasteiger partial charge in [0.25, 0.3) is 0 Å². The van der Waals surface area contributed by atoms with Crippen molar-refractivity contribution < 1.29 is 4.39 Å². The topological polar surface area (TPSA) is 15.3 Å². The third-order valence-corrected chi connectivity index (χ3v) is 3.29. The van der Waals surface area contributed by atoms with Gasteiger partial charge in [0.05, 0.1) is 0 Å². The SMILES string of the molecule is CC(C)CC(CN(C)C)NCc1ccc(F)cc1Cl. The van der Waals surface area contributed by atoms with E-state index in [1.165, 1.54) is 12.1 Å². The molecule has 0 saturated heterocycles. The Labute approximate surface area is 120 Å². The van der Waals surface area contributed by atoms with E-state index in [2.05, 4.69) is 38.2 Å². The molecule has 1 N–H and O–H groups in total. The highest BCUT2D eigenvalue weighted by molar-refractivity contribution is 6.31. The fourth-order valence-corrected chi connectivity index (χ4v) is 2.39. The Morgan fingerprint density at radius 1 is 1.32 bits per heavy atom. The number of hydrogen-bond acceptors (Lipinski definition) is 2. The van der Waals surface area contributed by atoms with Crippen LogP contribution in [0.5, 0.6) is 0 Å². The minimum absolute atomic E-state index is 0.291. The minimum atomic E-state index is -0.291. The van der Waals surface area contributed by atoms with Crippen molar-refractivity contribution in [1.29, 1.82) is 0 Å². The van der Waals surface area contributed by atoms with E-state index in [1.807, 2.05) is 0 Å². The summed E-state index contributed by atoms with van der Waals surface area (Å²) in [7, 11) is 4.14. The lowest BCUT2D eigenvalue weighted by atomic mass is 10.0. The highest BCUT2D eigenvalue weighted by atomic mass is 35.5. The third-order valence-electron chi connectivity index (χ3n) is 2.94. The lowest BCUT2D eigenvalue weighted by molar-refractivity contribution is 0.305. The average molecular weight is 287 g/mol. The molecule has 0 aromatic heterocycles. The molecule has 0 bridgehead atoms. The summed E-state index contributed by atoms with van der Waals surface area (Å²) in [6, 6.07) is 4.97. The van der Waals surface area contributed by atoms with Crippen LogP contribution in [0.15, 0.2) is 18.2 Å². The van der Waals surface area contributed by atoms with Gasteiger partial charge in [0.2, 0.25) is 0 Å². The van der Waals surface area contributed by atoms with E-state index in [0.29, 0.717) is 23.5 Å². The molecule has 19 heavy (non-hydrogen) atoms. The van der Waals surface area contributed by atoms with E-state index in [1.54, 1.807) is 6.07 Å². The van der Waals surface area contributed by atoms with Crippen molar-refractivity contribution in [2.75, 3.05) is 20.6 Å². The normalized spacial score (nSPS) is 13.3. The van der Waals surface area contributed by atoms with E-state index >= 15 is 0 Å². The van der Waals surface area contributed by atoms with Crippen LogP contribution in [0, 0.1) is 11.7 Å². The smallest absolute Gasteiger partial charge is 0.124 e. The molecule has 108 valence electrons. The molecule has 4 heteroatoms. The van der Waals surface area contributed by atoms with Crippen molar-refractivity contribution in [1.82, 2.24) is 10.2 Å². The van der Waals surface area contributed by atoms with Crippen LogP contribution in [0.3, 0.4) is 0 Å². The number of nitrogens with zero attached hydrogens (tertiary/aromatic N) is 1. The van der Waals surface area contributed by atoms with Gasteiger partial charge in [0, 0.05) is 24.2 Å². The van der Waals surface area contributed by atoms with Crippen LogP contribution < -0.4 is 5.32 Å². The van der Waals surface area contributed by atoms with Crippen LogP contribution in [-0.2, 0) is 6.54 Å². The van der Waals surface area contributed by atoms with Gasteiger partial charge in [0.15, 0.2) is 0 Å². The minimum Gasteiger partial charge on any atom is -0.309 e. The first-order valence-corrected chi connectivity index (χ1v) is 7.08. The van der Waals surface area contributed by atoms with E-state index in [4.69, 9.17) is 11.6 Å². The standard InChI is InChI=1S/C15H24ClFN2/c1-11(2)7-14(10-19(3)4)18-9-12-5-6-13(17)8-15(12)16/h5-6,8,11,14,18H,7,9-10H2,1-4H3. The molecule has 0 radical (unpaired) electrons. The van der Waals surface area contributed by atoms with E-state index in [9.17, 15) is 4.39 Å².